The van der Waals surface area contributed by atoms with Crippen LogP contribution < -0.4 is 10.3 Å². The number of amidine groups is 1. The standard InChI is InChI=1S/C25H29F3N6O3S/c1-5-20-22(32-15-17(4)6-11-21(32)30-20)24(35)29-14-18-7-9-19(10-8-18)33-12-13-34(23(31-33)16(2)3)38(36,37)25(26,27)28/h6-11,15-16H,5,12-14H2,1-4H3,(H,29,35). The fourth-order valence-electron chi connectivity index (χ4n) is 4.22. The Morgan fingerprint density at radius 3 is 2.39 bits per heavy atom. The largest absolute Gasteiger partial charge is 0.516 e. The number of hydrogen-bond acceptors (Lipinski definition) is 6. The van der Waals surface area contributed by atoms with Crippen LogP contribution in [0, 0.1) is 12.8 Å². The first-order valence-electron chi connectivity index (χ1n) is 12.1. The SMILES string of the molecule is CCc1nc2ccc(C)cn2c1C(=O)NCc1ccc(N2CCN(S(=O)(=O)C(F)(F)F)C(C(C)C)=N2)cc1. The van der Waals surface area contributed by atoms with Gasteiger partial charge >= 0.3 is 15.5 Å². The average Bonchev–Trinajstić information content (AvgIpc) is 3.24. The minimum atomic E-state index is -5.53. The van der Waals surface area contributed by atoms with Crippen molar-refractivity contribution in [1.29, 1.82) is 0 Å². The summed E-state index contributed by atoms with van der Waals surface area (Å²) in [4.78, 5) is 17.6. The van der Waals surface area contributed by atoms with Gasteiger partial charge in [-0.2, -0.15) is 26.7 Å². The van der Waals surface area contributed by atoms with Crippen LogP contribution in [0.2, 0.25) is 0 Å². The summed E-state index contributed by atoms with van der Waals surface area (Å²) in [6.07, 6.45) is 2.48. The summed E-state index contributed by atoms with van der Waals surface area (Å²) in [5, 5.41) is 8.63. The number of alkyl halides is 3. The first kappa shape index (κ1) is 27.4. The van der Waals surface area contributed by atoms with Crippen molar-refractivity contribution < 1.29 is 26.4 Å². The van der Waals surface area contributed by atoms with Crippen molar-refractivity contribution in [3.63, 3.8) is 0 Å². The number of anilines is 1. The minimum absolute atomic E-state index is 0.0465. The summed E-state index contributed by atoms with van der Waals surface area (Å²) in [5.74, 6) is -0.988. The highest BCUT2D eigenvalue weighted by atomic mass is 32.2. The number of halogens is 3. The molecule has 9 nitrogen and oxygen atoms in total. The van der Waals surface area contributed by atoms with Gasteiger partial charge in [-0.25, -0.2) is 9.29 Å². The molecule has 3 heterocycles. The van der Waals surface area contributed by atoms with Crippen LogP contribution in [-0.4, -0.2) is 52.4 Å². The molecular formula is C25H29F3N6O3S. The molecule has 204 valence electrons. The van der Waals surface area contributed by atoms with Crippen LogP contribution in [0.25, 0.3) is 5.65 Å². The summed E-state index contributed by atoms with van der Waals surface area (Å²) >= 11 is 0. The van der Waals surface area contributed by atoms with Crippen molar-refractivity contribution in [3.05, 3.63) is 65.1 Å². The monoisotopic (exact) mass is 550 g/mol. The zero-order chi connectivity index (χ0) is 27.8. The molecule has 13 heteroatoms. The van der Waals surface area contributed by atoms with Crippen LogP contribution in [-0.2, 0) is 23.0 Å². The van der Waals surface area contributed by atoms with Crippen LogP contribution >= 0.6 is 0 Å². The molecule has 0 spiro atoms. The van der Waals surface area contributed by atoms with E-state index in [1.165, 1.54) is 5.01 Å². The van der Waals surface area contributed by atoms with Gasteiger partial charge in [0.1, 0.15) is 17.2 Å². The summed E-state index contributed by atoms with van der Waals surface area (Å²) in [6, 6.07) is 10.8. The fourth-order valence-corrected chi connectivity index (χ4v) is 5.29. The van der Waals surface area contributed by atoms with E-state index < -0.39 is 21.4 Å². The molecule has 4 rings (SSSR count). The number of benzene rings is 1. The van der Waals surface area contributed by atoms with Gasteiger partial charge in [0.2, 0.25) is 0 Å². The maximum atomic E-state index is 13.1. The number of nitrogens with one attached hydrogen (secondary N) is 1. The molecule has 1 aromatic carbocycles. The van der Waals surface area contributed by atoms with Gasteiger partial charge in [0, 0.05) is 18.7 Å². The number of pyridine rings is 1. The lowest BCUT2D eigenvalue weighted by Crippen LogP contribution is -2.52. The third-order valence-electron chi connectivity index (χ3n) is 6.17. The van der Waals surface area contributed by atoms with Crippen molar-refractivity contribution in [1.82, 2.24) is 19.0 Å². The molecule has 38 heavy (non-hydrogen) atoms. The number of rotatable bonds is 7. The number of fused-ring (bicyclic) bond motifs is 1. The third kappa shape index (κ3) is 5.19. The van der Waals surface area contributed by atoms with E-state index in [1.807, 2.05) is 32.2 Å². The maximum Gasteiger partial charge on any atom is 0.516 e. The van der Waals surface area contributed by atoms with Crippen LogP contribution in [0.1, 0.15) is 48.1 Å². The molecule has 0 saturated heterocycles. The van der Waals surface area contributed by atoms with E-state index in [1.54, 1.807) is 42.5 Å². The van der Waals surface area contributed by atoms with E-state index in [0.29, 0.717) is 33.4 Å². The molecule has 1 aliphatic rings. The molecule has 0 fully saturated rings. The number of hydrogen-bond donors (Lipinski definition) is 1. The molecule has 1 aliphatic heterocycles. The number of nitrogens with zero attached hydrogens (tertiary/aromatic N) is 5. The summed E-state index contributed by atoms with van der Waals surface area (Å²) in [5.41, 5.74) is -1.12. The predicted octanol–water partition coefficient (Wildman–Crippen LogP) is 4.08. The van der Waals surface area contributed by atoms with E-state index in [-0.39, 0.29) is 31.4 Å². The third-order valence-corrected chi connectivity index (χ3v) is 7.70. The molecule has 0 radical (unpaired) electrons. The van der Waals surface area contributed by atoms with Crippen LogP contribution in [0.3, 0.4) is 0 Å². The van der Waals surface area contributed by atoms with Gasteiger partial charge in [-0.05, 0) is 42.7 Å². The Labute approximate surface area is 219 Å². The first-order chi connectivity index (χ1) is 17.8. The van der Waals surface area contributed by atoms with Crippen molar-refractivity contribution in [2.24, 2.45) is 11.0 Å². The van der Waals surface area contributed by atoms with E-state index >= 15 is 0 Å². The Hall–Kier alpha value is -3.61. The van der Waals surface area contributed by atoms with E-state index in [9.17, 15) is 26.4 Å². The Morgan fingerprint density at radius 2 is 1.79 bits per heavy atom. The van der Waals surface area contributed by atoms with Crippen molar-refractivity contribution >= 4 is 33.1 Å². The van der Waals surface area contributed by atoms with Gasteiger partial charge in [-0.3, -0.25) is 14.2 Å². The quantitative estimate of drug-likeness (QED) is 0.478. The van der Waals surface area contributed by atoms with Crippen LogP contribution in [0.5, 0.6) is 0 Å². The molecular weight excluding hydrogens is 521 g/mol. The molecule has 1 N–H and O–H groups in total. The average molecular weight is 551 g/mol. The van der Waals surface area contributed by atoms with Crippen molar-refractivity contribution in [3.8, 4) is 0 Å². The first-order valence-corrected chi connectivity index (χ1v) is 13.6. The lowest BCUT2D eigenvalue weighted by molar-refractivity contribution is -0.0473. The zero-order valence-corrected chi connectivity index (χ0v) is 22.3. The van der Waals surface area contributed by atoms with Gasteiger partial charge in [-0.15, -0.1) is 0 Å². The van der Waals surface area contributed by atoms with Gasteiger partial charge in [0.25, 0.3) is 5.91 Å². The number of carbonyl (C=O) groups is 1. The van der Waals surface area contributed by atoms with Gasteiger partial charge < -0.3 is 5.32 Å². The highest BCUT2D eigenvalue weighted by Gasteiger charge is 2.52. The molecule has 3 aromatic rings. The van der Waals surface area contributed by atoms with E-state index in [2.05, 4.69) is 15.4 Å². The number of aryl methyl sites for hydroxylation is 2. The minimum Gasteiger partial charge on any atom is -0.347 e. The lowest BCUT2D eigenvalue weighted by Gasteiger charge is -2.35. The van der Waals surface area contributed by atoms with E-state index in [4.69, 9.17) is 0 Å². The number of aromatic nitrogens is 2. The number of hydrazone groups is 1. The Bertz CT molecular complexity index is 1480. The molecule has 0 aliphatic carbocycles. The van der Waals surface area contributed by atoms with Crippen LogP contribution in [0.4, 0.5) is 18.9 Å². The highest BCUT2D eigenvalue weighted by Crippen LogP contribution is 2.30. The molecule has 0 atom stereocenters. The van der Waals surface area contributed by atoms with Crippen molar-refractivity contribution in [2.75, 3.05) is 18.1 Å². The number of imidazole rings is 1. The van der Waals surface area contributed by atoms with Gasteiger partial charge in [0.05, 0.1) is 24.5 Å². The molecule has 0 bridgehead atoms. The second kappa shape index (κ2) is 10.3. The second-order valence-corrected chi connectivity index (χ2v) is 11.2. The lowest BCUT2D eigenvalue weighted by atomic mass is 10.1. The second-order valence-electron chi connectivity index (χ2n) is 9.30. The predicted molar refractivity (Wildman–Crippen MR) is 138 cm³/mol. The molecule has 2 aromatic heterocycles. The fraction of sp³-hybridized carbons (Fsp3) is 0.400. The van der Waals surface area contributed by atoms with Gasteiger partial charge in [-0.1, -0.05) is 39.0 Å². The summed E-state index contributed by atoms with van der Waals surface area (Å²) < 4.78 is 65.6. The van der Waals surface area contributed by atoms with Gasteiger partial charge in [0.15, 0.2) is 0 Å². The molecule has 1 amide bonds. The van der Waals surface area contributed by atoms with E-state index in [0.717, 1.165) is 11.1 Å². The zero-order valence-electron chi connectivity index (χ0n) is 21.5. The van der Waals surface area contributed by atoms with Crippen LogP contribution in [0.15, 0.2) is 47.7 Å². The Kier molecular flexibility index (Phi) is 7.42. The highest BCUT2D eigenvalue weighted by molar-refractivity contribution is 7.90. The number of carbonyl (C=O) groups excluding carboxylic acids is 1. The Balaban J connectivity index is 1.49. The number of amides is 1. The normalized spacial score (nSPS) is 14.8. The number of sulfonamides is 1. The smallest absolute Gasteiger partial charge is 0.347 e. The summed E-state index contributed by atoms with van der Waals surface area (Å²) in [6.45, 7) is 6.88. The van der Waals surface area contributed by atoms with Crippen molar-refractivity contribution in [2.45, 2.75) is 46.2 Å². The summed E-state index contributed by atoms with van der Waals surface area (Å²) in [7, 11) is -5.53. The molecule has 0 unspecified atom stereocenters. The topological polar surface area (TPSA) is 99.4 Å². The maximum absolute atomic E-state index is 13.1. The molecule has 0 saturated carbocycles. The Morgan fingerprint density at radius 1 is 1.11 bits per heavy atom.